The molecule has 1 aromatic carbocycles. The third-order valence-electron chi connectivity index (χ3n) is 3.61. The first-order valence-electron chi connectivity index (χ1n) is 6.20. The van der Waals surface area contributed by atoms with Gasteiger partial charge in [0.1, 0.15) is 5.82 Å². The predicted octanol–water partition coefficient (Wildman–Crippen LogP) is 1.44. The van der Waals surface area contributed by atoms with E-state index in [-0.39, 0.29) is 17.0 Å². The van der Waals surface area contributed by atoms with Crippen molar-refractivity contribution in [3.8, 4) is 17.3 Å². The summed E-state index contributed by atoms with van der Waals surface area (Å²) in [4.78, 5) is 20.6. The SMILES string of the molecule is Cc1c(O)nc(-c2ccc3c(c2)CCN3C)[nH]c1=O. The van der Waals surface area contributed by atoms with Crippen LogP contribution in [-0.4, -0.2) is 28.7 Å². The summed E-state index contributed by atoms with van der Waals surface area (Å²) in [5.41, 5.74) is 3.20. The maximum Gasteiger partial charge on any atom is 0.257 e. The third-order valence-corrected chi connectivity index (χ3v) is 3.61. The Bertz CT molecular complexity index is 706. The molecule has 1 aliphatic heterocycles. The van der Waals surface area contributed by atoms with Crippen LogP contribution in [0.4, 0.5) is 5.69 Å². The standard InChI is InChI=1S/C14H15N3O2/c1-8-13(18)15-12(16-14(8)19)10-3-4-11-9(7-10)5-6-17(11)2/h3-4,7H,5-6H2,1-2H3,(H2,15,16,18,19). The molecule has 2 heterocycles. The Balaban J connectivity index is 2.11. The van der Waals surface area contributed by atoms with Crippen LogP contribution in [0, 0.1) is 6.92 Å². The summed E-state index contributed by atoms with van der Waals surface area (Å²) in [5, 5.41) is 9.64. The van der Waals surface area contributed by atoms with E-state index in [4.69, 9.17) is 0 Å². The van der Waals surface area contributed by atoms with Crippen LogP contribution in [0.25, 0.3) is 11.4 Å². The third kappa shape index (κ3) is 1.87. The smallest absolute Gasteiger partial charge is 0.257 e. The summed E-state index contributed by atoms with van der Waals surface area (Å²) in [7, 11) is 2.06. The highest BCUT2D eigenvalue weighted by atomic mass is 16.3. The highest BCUT2D eigenvalue weighted by Gasteiger charge is 2.17. The van der Waals surface area contributed by atoms with Gasteiger partial charge in [0.25, 0.3) is 5.56 Å². The van der Waals surface area contributed by atoms with Gasteiger partial charge >= 0.3 is 0 Å². The van der Waals surface area contributed by atoms with Crippen molar-refractivity contribution in [1.29, 1.82) is 0 Å². The number of likely N-dealkylation sites (N-methyl/N-ethyl adjacent to an activating group) is 1. The molecule has 2 N–H and O–H groups in total. The second-order valence-corrected chi connectivity index (χ2v) is 4.88. The largest absolute Gasteiger partial charge is 0.493 e. The molecule has 0 unspecified atom stereocenters. The molecule has 1 aromatic heterocycles. The Morgan fingerprint density at radius 3 is 2.95 bits per heavy atom. The van der Waals surface area contributed by atoms with Crippen molar-refractivity contribution in [2.75, 3.05) is 18.5 Å². The average Bonchev–Trinajstić information content (AvgIpc) is 2.76. The zero-order chi connectivity index (χ0) is 13.6. The summed E-state index contributed by atoms with van der Waals surface area (Å²) in [5.74, 6) is 0.196. The van der Waals surface area contributed by atoms with Crippen molar-refractivity contribution in [1.82, 2.24) is 9.97 Å². The molecule has 0 spiro atoms. The summed E-state index contributed by atoms with van der Waals surface area (Å²) < 4.78 is 0. The van der Waals surface area contributed by atoms with Gasteiger partial charge in [-0.1, -0.05) is 0 Å². The van der Waals surface area contributed by atoms with E-state index in [0.717, 1.165) is 18.5 Å². The molecule has 0 amide bonds. The fourth-order valence-corrected chi connectivity index (χ4v) is 2.37. The number of benzene rings is 1. The van der Waals surface area contributed by atoms with E-state index in [0.29, 0.717) is 5.82 Å². The summed E-state index contributed by atoms with van der Waals surface area (Å²) in [6.45, 7) is 2.55. The molecule has 0 aliphatic carbocycles. The van der Waals surface area contributed by atoms with Crippen molar-refractivity contribution in [3.63, 3.8) is 0 Å². The van der Waals surface area contributed by atoms with Crippen LogP contribution in [0.2, 0.25) is 0 Å². The Kier molecular flexibility index (Phi) is 2.55. The van der Waals surface area contributed by atoms with Crippen molar-refractivity contribution in [2.24, 2.45) is 0 Å². The van der Waals surface area contributed by atoms with Gasteiger partial charge in [-0.05, 0) is 37.1 Å². The Morgan fingerprint density at radius 2 is 2.21 bits per heavy atom. The molecule has 0 bridgehead atoms. The Hall–Kier alpha value is -2.30. The number of aromatic nitrogens is 2. The normalized spacial score (nSPS) is 13.7. The van der Waals surface area contributed by atoms with Crippen molar-refractivity contribution < 1.29 is 5.11 Å². The molecule has 0 saturated carbocycles. The molecule has 19 heavy (non-hydrogen) atoms. The van der Waals surface area contributed by atoms with Gasteiger partial charge in [-0.2, -0.15) is 4.98 Å². The minimum atomic E-state index is -0.305. The molecule has 0 radical (unpaired) electrons. The van der Waals surface area contributed by atoms with Crippen LogP contribution in [0.1, 0.15) is 11.1 Å². The highest BCUT2D eigenvalue weighted by Crippen LogP contribution is 2.30. The number of hydrogen-bond donors (Lipinski definition) is 2. The van der Waals surface area contributed by atoms with Gasteiger partial charge in [0, 0.05) is 24.8 Å². The monoisotopic (exact) mass is 257 g/mol. The number of aromatic amines is 1. The van der Waals surface area contributed by atoms with Gasteiger partial charge in [0.15, 0.2) is 0 Å². The van der Waals surface area contributed by atoms with Gasteiger partial charge in [-0.15, -0.1) is 0 Å². The molecule has 3 rings (SSSR count). The molecule has 5 nitrogen and oxygen atoms in total. The van der Waals surface area contributed by atoms with E-state index in [1.165, 1.54) is 11.3 Å². The predicted molar refractivity (Wildman–Crippen MR) is 73.7 cm³/mol. The van der Waals surface area contributed by atoms with E-state index in [9.17, 15) is 9.90 Å². The zero-order valence-corrected chi connectivity index (χ0v) is 10.9. The summed E-state index contributed by atoms with van der Waals surface area (Å²) >= 11 is 0. The number of fused-ring (bicyclic) bond motifs is 1. The van der Waals surface area contributed by atoms with Gasteiger partial charge < -0.3 is 15.0 Å². The van der Waals surface area contributed by atoms with E-state index < -0.39 is 0 Å². The van der Waals surface area contributed by atoms with Crippen LogP contribution in [-0.2, 0) is 6.42 Å². The molecule has 5 heteroatoms. The fraction of sp³-hybridized carbons (Fsp3) is 0.286. The second kappa shape index (κ2) is 4.12. The number of aromatic hydroxyl groups is 1. The average molecular weight is 257 g/mol. The van der Waals surface area contributed by atoms with Gasteiger partial charge in [-0.25, -0.2) is 0 Å². The summed E-state index contributed by atoms with van der Waals surface area (Å²) in [6.07, 6.45) is 0.988. The molecule has 0 atom stereocenters. The molecule has 1 aliphatic rings. The molecule has 98 valence electrons. The van der Waals surface area contributed by atoms with E-state index in [1.807, 2.05) is 18.2 Å². The number of anilines is 1. The van der Waals surface area contributed by atoms with Crippen molar-refractivity contribution >= 4 is 5.69 Å². The minimum Gasteiger partial charge on any atom is -0.493 e. The lowest BCUT2D eigenvalue weighted by molar-refractivity contribution is 0.447. The molecular formula is C14H15N3O2. The van der Waals surface area contributed by atoms with Crippen LogP contribution in [0.15, 0.2) is 23.0 Å². The van der Waals surface area contributed by atoms with Crippen LogP contribution >= 0.6 is 0 Å². The van der Waals surface area contributed by atoms with E-state index in [2.05, 4.69) is 21.9 Å². The number of nitrogens with zero attached hydrogens (tertiary/aromatic N) is 2. The molecule has 0 fully saturated rings. The van der Waals surface area contributed by atoms with Crippen LogP contribution in [0.5, 0.6) is 5.88 Å². The first-order valence-corrected chi connectivity index (χ1v) is 6.20. The zero-order valence-electron chi connectivity index (χ0n) is 10.9. The summed E-state index contributed by atoms with van der Waals surface area (Å²) in [6, 6.07) is 5.95. The van der Waals surface area contributed by atoms with Crippen LogP contribution in [0.3, 0.4) is 0 Å². The lowest BCUT2D eigenvalue weighted by Crippen LogP contribution is -2.12. The second-order valence-electron chi connectivity index (χ2n) is 4.88. The molecule has 2 aromatic rings. The Morgan fingerprint density at radius 1 is 1.42 bits per heavy atom. The maximum atomic E-state index is 11.7. The quantitative estimate of drug-likeness (QED) is 0.811. The van der Waals surface area contributed by atoms with Crippen molar-refractivity contribution in [2.45, 2.75) is 13.3 Å². The van der Waals surface area contributed by atoms with Gasteiger partial charge in [-0.3, -0.25) is 4.79 Å². The first kappa shape index (κ1) is 11.8. The number of nitrogens with one attached hydrogen (secondary N) is 1. The number of hydrogen-bond acceptors (Lipinski definition) is 4. The van der Waals surface area contributed by atoms with Crippen molar-refractivity contribution in [3.05, 3.63) is 39.7 Å². The van der Waals surface area contributed by atoms with E-state index in [1.54, 1.807) is 6.92 Å². The van der Waals surface area contributed by atoms with Gasteiger partial charge in [0.05, 0.1) is 5.56 Å². The lowest BCUT2D eigenvalue weighted by Gasteiger charge is -2.12. The number of rotatable bonds is 1. The highest BCUT2D eigenvalue weighted by molar-refractivity contribution is 5.66. The molecule has 0 saturated heterocycles. The minimum absolute atomic E-state index is 0.212. The van der Waals surface area contributed by atoms with Gasteiger partial charge in [0.2, 0.25) is 5.88 Å². The first-order chi connectivity index (χ1) is 9.06. The lowest BCUT2D eigenvalue weighted by atomic mass is 10.1. The Labute approximate surface area is 110 Å². The molecular weight excluding hydrogens is 242 g/mol. The fourth-order valence-electron chi connectivity index (χ4n) is 2.37. The van der Waals surface area contributed by atoms with E-state index >= 15 is 0 Å². The maximum absolute atomic E-state index is 11.7. The number of H-pyrrole nitrogens is 1. The topological polar surface area (TPSA) is 69.2 Å². The van der Waals surface area contributed by atoms with Crippen LogP contribution < -0.4 is 10.5 Å².